The number of benzene rings is 4. The van der Waals surface area contributed by atoms with Gasteiger partial charge in [-0.05, 0) is 48.0 Å². The number of nitro benzene ring substituents is 1. The number of nitrogens with one attached hydrogen (secondary N) is 1. The zero-order valence-corrected chi connectivity index (χ0v) is 20.4. The number of hydrogen-bond acceptors (Lipinski definition) is 6. The smallest absolute Gasteiger partial charge is 0.271 e. The maximum Gasteiger partial charge on any atom is 0.271 e. The van der Waals surface area contributed by atoms with Gasteiger partial charge in [-0.1, -0.05) is 54.6 Å². The van der Waals surface area contributed by atoms with Gasteiger partial charge in [0.1, 0.15) is 18.9 Å². The zero-order valence-electron chi connectivity index (χ0n) is 19.6. The third kappa shape index (κ3) is 6.50. The molecule has 0 saturated heterocycles. The molecule has 188 valence electrons. The van der Waals surface area contributed by atoms with Crippen molar-refractivity contribution in [3.8, 4) is 5.75 Å². The van der Waals surface area contributed by atoms with Crippen LogP contribution < -0.4 is 14.4 Å². The Bertz CT molecular complexity index is 1480. The molecule has 0 fully saturated rings. The zero-order chi connectivity index (χ0) is 26.3. The highest BCUT2D eigenvalue weighted by atomic mass is 32.2. The molecular formula is C27H23N3O6S. The van der Waals surface area contributed by atoms with Crippen LogP contribution in [0.4, 0.5) is 17.1 Å². The molecule has 0 aliphatic rings. The van der Waals surface area contributed by atoms with Crippen molar-refractivity contribution in [1.29, 1.82) is 0 Å². The number of anilines is 2. The lowest BCUT2D eigenvalue weighted by atomic mass is 10.2. The van der Waals surface area contributed by atoms with Crippen LogP contribution in [-0.2, 0) is 21.4 Å². The van der Waals surface area contributed by atoms with Crippen molar-refractivity contribution >= 4 is 33.0 Å². The molecule has 0 aliphatic carbocycles. The van der Waals surface area contributed by atoms with E-state index in [1.807, 2.05) is 30.3 Å². The molecule has 0 unspecified atom stereocenters. The summed E-state index contributed by atoms with van der Waals surface area (Å²) in [6.07, 6.45) is 0. The van der Waals surface area contributed by atoms with Crippen molar-refractivity contribution in [3.05, 3.63) is 125 Å². The van der Waals surface area contributed by atoms with Crippen LogP contribution in [0.3, 0.4) is 0 Å². The van der Waals surface area contributed by atoms with Crippen LogP contribution in [0.15, 0.2) is 114 Å². The molecule has 0 radical (unpaired) electrons. The van der Waals surface area contributed by atoms with Gasteiger partial charge >= 0.3 is 0 Å². The van der Waals surface area contributed by atoms with Crippen molar-refractivity contribution in [2.24, 2.45) is 0 Å². The van der Waals surface area contributed by atoms with E-state index < -0.39 is 27.4 Å². The van der Waals surface area contributed by atoms with Gasteiger partial charge in [0.2, 0.25) is 5.91 Å². The molecule has 0 aromatic heterocycles. The highest BCUT2D eigenvalue weighted by Crippen LogP contribution is 2.27. The Hall–Kier alpha value is -4.70. The molecule has 1 amide bonds. The van der Waals surface area contributed by atoms with E-state index in [2.05, 4.69) is 5.32 Å². The van der Waals surface area contributed by atoms with Crippen molar-refractivity contribution in [3.63, 3.8) is 0 Å². The summed E-state index contributed by atoms with van der Waals surface area (Å²) in [5.74, 6) is -0.0179. The predicted octanol–water partition coefficient (Wildman–Crippen LogP) is 5.01. The first-order chi connectivity index (χ1) is 17.8. The first-order valence-corrected chi connectivity index (χ1v) is 12.7. The summed E-state index contributed by atoms with van der Waals surface area (Å²) in [6.45, 7) is -0.202. The van der Waals surface area contributed by atoms with E-state index in [1.165, 1.54) is 30.3 Å². The normalized spacial score (nSPS) is 10.9. The standard InChI is InChI=1S/C27H23N3O6S/c31-27(28-22-14-16-25(17-15-22)36-20-21-8-3-1-4-9-21)19-29(23-10-7-11-24(18-23)30(32)33)37(34,35)26-12-5-2-6-13-26/h1-18H,19-20H2,(H,28,31). The lowest BCUT2D eigenvalue weighted by Crippen LogP contribution is -2.38. The molecule has 10 heteroatoms. The summed E-state index contributed by atoms with van der Waals surface area (Å²) in [5.41, 5.74) is 1.16. The second-order valence-corrected chi connectivity index (χ2v) is 9.81. The van der Waals surface area contributed by atoms with E-state index >= 15 is 0 Å². The predicted molar refractivity (Wildman–Crippen MR) is 140 cm³/mol. The van der Waals surface area contributed by atoms with Crippen molar-refractivity contribution in [2.75, 3.05) is 16.2 Å². The molecule has 1 N–H and O–H groups in total. The molecule has 0 heterocycles. The molecule has 0 spiro atoms. The quantitative estimate of drug-likeness (QED) is 0.233. The fraction of sp³-hybridized carbons (Fsp3) is 0.0741. The van der Waals surface area contributed by atoms with Crippen LogP contribution in [-0.4, -0.2) is 25.8 Å². The Morgan fingerprint density at radius 1 is 0.865 bits per heavy atom. The molecule has 37 heavy (non-hydrogen) atoms. The summed E-state index contributed by atoms with van der Waals surface area (Å²) in [6, 6.07) is 29.0. The fourth-order valence-corrected chi connectivity index (χ4v) is 4.94. The largest absolute Gasteiger partial charge is 0.489 e. The van der Waals surface area contributed by atoms with Gasteiger partial charge in [0.15, 0.2) is 0 Å². The number of hydrogen-bond donors (Lipinski definition) is 1. The molecule has 0 atom stereocenters. The number of nitrogens with zero attached hydrogens (tertiary/aromatic N) is 2. The topological polar surface area (TPSA) is 119 Å². The summed E-state index contributed by atoms with van der Waals surface area (Å²) in [5, 5.41) is 13.9. The minimum atomic E-state index is -4.19. The Morgan fingerprint density at radius 3 is 2.16 bits per heavy atom. The molecule has 4 aromatic rings. The van der Waals surface area contributed by atoms with E-state index in [9.17, 15) is 23.3 Å². The number of sulfonamides is 1. The van der Waals surface area contributed by atoms with Gasteiger partial charge in [0.25, 0.3) is 15.7 Å². The number of carbonyl (C=O) groups excluding carboxylic acids is 1. The highest BCUT2D eigenvalue weighted by Gasteiger charge is 2.28. The number of carbonyl (C=O) groups is 1. The van der Waals surface area contributed by atoms with Gasteiger partial charge < -0.3 is 10.1 Å². The number of rotatable bonds is 10. The van der Waals surface area contributed by atoms with Crippen LogP contribution in [0.1, 0.15) is 5.56 Å². The SMILES string of the molecule is O=C(CN(c1cccc([N+](=O)[O-])c1)S(=O)(=O)c1ccccc1)Nc1ccc(OCc2ccccc2)cc1. The molecule has 0 saturated carbocycles. The van der Waals surface area contributed by atoms with E-state index in [4.69, 9.17) is 4.74 Å². The summed E-state index contributed by atoms with van der Waals surface area (Å²) >= 11 is 0. The van der Waals surface area contributed by atoms with Gasteiger partial charge in [0, 0.05) is 17.8 Å². The summed E-state index contributed by atoms with van der Waals surface area (Å²) in [7, 11) is -4.19. The second kappa shape index (κ2) is 11.4. The number of amides is 1. The van der Waals surface area contributed by atoms with Crippen molar-refractivity contribution in [1.82, 2.24) is 0 Å². The molecule has 4 rings (SSSR count). The summed E-state index contributed by atoms with van der Waals surface area (Å²) < 4.78 is 33.4. The maximum atomic E-state index is 13.4. The first-order valence-electron chi connectivity index (χ1n) is 11.2. The highest BCUT2D eigenvalue weighted by molar-refractivity contribution is 7.92. The minimum absolute atomic E-state index is 0.00198. The Labute approximate surface area is 214 Å². The Morgan fingerprint density at radius 2 is 1.51 bits per heavy atom. The monoisotopic (exact) mass is 517 g/mol. The van der Waals surface area contributed by atoms with Crippen LogP contribution >= 0.6 is 0 Å². The van der Waals surface area contributed by atoms with Crippen molar-refractivity contribution < 1.29 is 22.9 Å². The van der Waals surface area contributed by atoms with Crippen LogP contribution in [0.25, 0.3) is 0 Å². The number of nitro groups is 1. The Kier molecular flexibility index (Phi) is 7.80. The number of ether oxygens (including phenoxy) is 1. The van der Waals surface area contributed by atoms with Crippen LogP contribution in [0.2, 0.25) is 0 Å². The minimum Gasteiger partial charge on any atom is -0.489 e. The van der Waals surface area contributed by atoms with E-state index in [1.54, 1.807) is 42.5 Å². The van der Waals surface area contributed by atoms with E-state index in [0.717, 1.165) is 15.9 Å². The van der Waals surface area contributed by atoms with Crippen molar-refractivity contribution in [2.45, 2.75) is 11.5 Å². The third-order valence-corrected chi connectivity index (χ3v) is 7.12. The molecule has 0 aliphatic heterocycles. The maximum absolute atomic E-state index is 13.4. The van der Waals surface area contributed by atoms with Gasteiger partial charge in [-0.25, -0.2) is 8.42 Å². The van der Waals surface area contributed by atoms with Gasteiger partial charge in [-0.2, -0.15) is 0 Å². The summed E-state index contributed by atoms with van der Waals surface area (Å²) in [4.78, 5) is 23.5. The van der Waals surface area contributed by atoms with E-state index in [-0.39, 0.29) is 16.3 Å². The van der Waals surface area contributed by atoms with Gasteiger partial charge in [-0.3, -0.25) is 19.2 Å². The molecule has 9 nitrogen and oxygen atoms in total. The van der Waals surface area contributed by atoms with Crippen LogP contribution in [0, 0.1) is 10.1 Å². The molecular weight excluding hydrogens is 494 g/mol. The average Bonchev–Trinajstić information content (AvgIpc) is 2.92. The van der Waals surface area contributed by atoms with Gasteiger partial charge in [0.05, 0.1) is 15.5 Å². The number of non-ortho nitro benzene ring substituents is 1. The first kappa shape index (κ1) is 25.4. The lowest BCUT2D eigenvalue weighted by molar-refractivity contribution is -0.384. The van der Waals surface area contributed by atoms with Gasteiger partial charge in [-0.15, -0.1) is 0 Å². The molecule has 0 bridgehead atoms. The fourth-order valence-electron chi connectivity index (χ4n) is 3.50. The lowest BCUT2D eigenvalue weighted by Gasteiger charge is -2.24. The molecule has 4 aromatic carbocycles. The van der Waals surface area contributed by atoms with Crippen LogP contribution in [0.5, 0.6) is 5.75 Å². The third-order valence-electron chi connectivity index (χ3n) is 5.33. The second-order valence-electron chi connectivity index (χ2n) is 7.95. The van der Waals surface area contributed by atoms with E-state index in [0.29, 0.717) is 18.0 Å². The Balaban J connectivity index is 1.51. The average molecular weight is 518 g/mol.